The van der Waals surface area contributed by atoms with Crippen LogP contribution < -0.4 is 10.6 Å². The third kappa shape index (κ3) is 11.5. The van der Waals surface area contributed by atoms with Gasteiger partial charge in [-0.25, -0.2) is 29.9 Å². The van der Waals surface area contributed by atoms with Gasteiger partial charge in [0.15, 0.2) is 23.3 Å². The number of anilines is 1. The molecule has 0 radical (unpaired) electrons. The number of nitrogens with one attached hydrogen (secondary N) is 2. The van der Waals surface area contributed by atoms with Crippen molar-refractivity contribution >= 4 is 62.6 Å². The zero-order chi connectivity index (χ0) is 84.1. The van der Waals surface area contributed by atoms with Crippen molar-refractivity contribution in [3.05, 3.63) is 497 Å². The Morgan fingerprint density at radius 2 is 0.727 bits per heavy atom. The van der Waals surface area contributed by atoms with Crippen LogP contribution in [0.4, 0.5) is 5.69 Å². The van der Waals surface area contributed by atoms with Gasteiger partial charge in [-0.05, 0) is 165 Å². The Morgan fingerprint density at radius 1 is 0.266 bits per heavy atom. The van der Waals surface area contributed by atoms with Gasteiger partial charge >= 0.3 is 0 Å². The van der Waals surface area contributed by atoms with Crippen molar-refractivity contribution in [2.24, 2.45) is 9.98 Å². The predicted octanol–water partition coefficient (Wildman–Crippen LogP) is 28.6. The Balaban J connectivity index is 0.572. The van der Waals surface area contributed by atoms with Crippen LogP contribution in [0.1, 0.15) is 84.5 Å². The summed E-state index contributed by atoms with van der Waals surface area (Å²) in [7, 11) is 0. The van der Waals surface area contributed by atoms with Crippen LogP contribution in [0.25, 0.3) is 134 Å². The molecule has 2 unspecified atom stereocenters. The van der Waals surface area contributed by atoms with Crippen molar-refractivity contribution in [2.45, 2.75) is 42.6 Å². The van der Waals surface area contributed by atoms with Crippen molar-refractivity contribution in [2.75, 3.05) is 5.32 Å². The first-order valence-electron chi connectivity index (χ1n) is 43.7. The van der Waals surface area contributed by atoms with Crippen molar-refractivity contribution in [3.8, 4) is 112 Å². The second-order valence-electron chi connectivity index (χ2n) is 33.8. The zero-order valence-electron chi connectivity index (χ0n) is 69.1. The van der Waals surface area contributed by atoms with Crippen LogP contribution in [0, 0.1) is 0 Å². The number of amidine groups is 2. The second-order valence-corrected chi connectivity index (χ2v) is 35.9. The topological polar surface area (TPSA) is 100 Å². The van der Waals surface area contributed by atoms with Crippen LogP contribution in [0.5, 0.6) is 0 Å². The molecule has 0 saturated heterocycles. The van der Waals surface area contributed by atoms with E-state index in [1.54, 1.807) is 0 Å². The molecule has 8 nitrogen and oxygen atoms in total. The molecule has 6 heterocycles. The van der Waals surface area contributed by atoms with Crippen molar-refractivity contribution in [1.82, 2.24) is 25.3 Å². The molecule has 18 aromatic carbocycles. The summed E-state index contributed by atoms with van der Waals surface area (Å²) in [5.41, 5.74) is 35.3. The van der Waals surface area contributed by atoms with E-state index >= 15 is 0 Å². The fourth-order valence-electron chi connectivity index (χ4n) is 21.2. The molecular formula is C118H74N8S2. The quantitative estimate of drug-likeness (QED) is 0.124. The van der Waals surface area contributed by atoms with Crippen LogP contribution in [0.15, 0.2) is 454 Å². The highest BCUT2D eigenvalue weighted by Crippen LogP contribution is 2.67. The van der Waals surface area contributed by atoms with E-state index in [1.807, 2.05) is 78.1 Å². The van der Waals surface area contributed by atoms with Crippen LogP contribution in [-0.2, 0) is 10.8 Å². The van der Waals surface area contributed by atoms with Crippen LogP contribution >= 0.6 is 23.5 Å². The first kappa shape index (κ1) is 73.8. The van der Waals surface area contributed by atoms with Crippen LogP contribution in [0.2, 0.25) is 0 Å². The molecule has 0 amide bonds. The zero-order valence-corrected chi connectivity index (χ0v) is 70.7. The van der Waals surface area contributed by atoms with Gasteiger partial charge in [0, 0.05) is 85.9 Å². The Hall–Kier alpha value is -15.7. The van der Waals surface area contributed by atoms with E-state index in [0.717, 1.165) is 106 Å². The number of fused-ring (bicyclic) bond motifs is 26. The first-order chi connectivity index (χ1) is 63.4. The highest BCUT2D eigenvalue weighted by molar-refractivity contribution is 8.00. The van der Waals surface area contributed by atoms with Gasteiger partial charge in [0.05, 0.1) is 28.1 Å². The van der Waals surface area contributed by atoms with Crippen molar-refractivity contribution in [3.63, 3.8) is 0 Å². The van der Waals surface area contributed by atoms with Gasteiger partial charge in [0.1, 0.15) is 12.0 Å². The Labute approximate surface area is 749 Å². The van der Waals surface area contributed by atoms with Crippen molar-refractivity contribution < 1.29 is 0 Å². The summed E-state index contributed by atoms with van der Waals surface area (Å²) < 4.78 is 0. The van der Waals surface area contributed by atoms with E-state index < -0.39 is 10.8 Å². The molecule has 26 rings (SSSR count). The lowest BCUT2D eigenvalue weighted by Crippen LogP contribution is -2.33. The highest BCUT2D eigenvalue weighted by atomic mass is 32.2. The molecule has 2 atom stereocenters. The average Bonchev–Trinajstić information content (AvgIpc) is 1.36. The van der Waals surface area contributed by atoms with E-state index in [0.29, 0.717) is 23.3 Å². The second kappa shape index (κ2) is 29.5. The maximum atomic E-state index is 5.60. The first-order valence-corrected chi connectivity index (χ1v) is 45.3. The van der Waals surface area contributed by atoms with E-state index in [-0.39, 0.29) is 12.2 Å². The maximum Gasteiger partial charge on any atom is 0.164 e. The van der Waals surface area contributed by atoms with Gasteiger partial charge < -0.3 is 10.6 Å². The summed E-state index contributed by atoms with van der Waals surface area (Å²) in [6.45, 7) is 0. The molecular weight excluding hydrogens is 1590 g/mol. The van der Waals surface area contributed by atoms with Crippen LogP contribution in [-0.4, -0.2) is 31.6 Å². The minimum Gasteiger partial charge on any atom is -0.374 e. The van der Waals surface area contributed by atoms with Gasteiger partial charge in [0.25, 0.3) is 0 Å². The normalized spacial score (nSPS) is 15.2. The largest absolute Gasteiger partial charge is 0.374 e. The standard InChI is InChI=1S/C118H74N8S2/c1-6-27-73(28-7-1)107-89-60-62-98-109(127-103-48-25-24-47-97(103)117(98)93-43-20-16-39-85(93)86-40-17-21-44-94(86)117)106(89)92-69-82(58-65-102(92)120-107)80-37-26-38-84(67-80)116-125-113(77-35-14-5-15-36-77)124-115(126-116)79-55-51-72(52-56-79)83-59-66-104-100(70-83)118(95-45-22-18-41-87(95)88-42-19-23-46-96(88)118)99-63-61-90-105(110(99)128-104)91-68-81(57-64-101(91)119-108(90)74-29-8-2-9-30-74)71-49-53-78(54-50-71)114-122-111(75-31-10-3-11-32-75)121-112(123-114)76-33-12-4-13-34-76/h1-70,108,114,119H,(H,121,122,123). The van der Waals surface area contributed by atoms with E-state index in [9.17, 15) is 0 Å². The molecule has 0 fully saturated rings. The Bertz CT molecular complexity index is 7970. The molecule has 2 aromatic heterocycles. The maximum absolute atomic E-state index is 5.60. The molecule has 0 bridgehead atoms. The van der Waals surface area contributed by atoms with Crippen molar-refractivity contribution in [1.29, 1.82) is 0 Å². The molecule has 20 aromatic rings. The molecule has 2 N–H and O–H groups in total. The summed E-state index contributed by atoms with van der Waals surface area (Å²) in [5.74, 6) is 3.26. The minimum absolute atomic E-state index is 0.109. The SMILES string of the molecule is c1ccc(C2=NC(c3ccc(-c4ccc5c(c4)-c4c(ccc6c4Sc4ccc(-c7ccc(-c8nc(-c9ccccc9)nc(-c9cccc(-c%10ccc%11nc(-c%12ccccc%12)c%12ccc%13c(c%12c%11c%10)Sc%10ccccc%10C%13%10c%11ccccc%11-c%11ccccc%11%10)c9)n8)cc7)cc4C64c6ccccc6-c6ccccc64)C(c4ccccc4)N5)cc3)NC(c3ccccc3)=N2)cc1. The summed E-state index contributed by atoms with van der Waals surface area (Å²) in [6, 6.07) is 155. The third-order valence-electron chi connectivity index (χ3n) is 27.0. The number of hydrogen-bond acceptors (Lipinski definition) is 10. The average molecular weight is 1670 g/mol. The molecule has 2 aliphatic carbocycles. The molecule has 0 saturated carbocycles. The monoisotopic (exact) mass is 1670 g/mol. The predicted molar refractivity (Wildman–Crippen MR) is 523 cm³/mol. The fraction of sp³-hybridized carbons (Fsp3) is 0.0339. The number of rotatable bonds is 11. The minimum atomic E-state index is -0.693. The van der Waals surface area contributed by atoms with E-state index in [1.165, 1.54) is 114 Å². The lowest BCUT2D eigenvalue weighted by Gasteiger charge is -2.42. The number of pyridine rings is 1. The third-order valence-corrected chi connectivity index (χ3v) is 29.4. The lowest BCUT2D eigenvalue weighted by molar-refractivity contribution is 0.674. The van der Waals surface area contributed by atoms with Crippen LogP contribution in [0.3, 0.4) is 0 Å². The summed E-state index contributed by atoms with van der Waals surface area (Å²) in [4.78, 5) is 37.0. The van der Waals surface area contributed by atoms with Gasteiger partial charge in [-0.3, -0.25) is 0 Å². The lowest BCUT2D eigenvalue weighted by atomic mass is 9.66. The molecule has 128 heavy (non-hydrogen) atoms. The van der Waals surface area contributed by atoms with Gasteiger partial charge in [0.2, 0.25) is 0 Å². The summed E-state index contributed by atoms with van der Waals surface area (Å²) in [5, 5.41) is 11.2. The smallest absolute Gasteiger partial charge is 0.164 e. The number of benzene rings is 18. The van der Waals surface area contributed by atoms with E-state index in [2.05, 4.69) is 381 Å². The molecule has 4 aliphatic heterocycles. The number of aliphatic imine (C=N–C) groups is 2. The molecule has 598 valence electrons. The Kier molecular flexibility index (Phi) is 17.0. The van der Waals surface area contributed by atoms with Gasteiger partial charge in [-0.15, -0.1) is 0 Å². The van der Waals surface area contributed by atoms with E-state index in [4.69, 9.17) is 29.9 Å². The molecule has 6 aliphatic rings. The molecule has 10 heteroatoms. The Morgan fingerprint density at radius 3 is 1.38 bits per heavy atom. The molecule has 2 spiro atoms. The van der Waals surface area contributed by atoms with Gasteiger partial charge in [-0.2, -0.15) is 0 Å². The van der Waals surface area contributed by atoms with Gasteiger partial charge in [-0.1, -0.05) is 400 Å². The fourth-order valence-corrected chi connectivity index (χ4v) is 23.9. The summed E-state index contributed by atoms with van der Waals surface area (Å²) >= 11 is 3.80. The highest BCUT2D eigenvalue weighted by Gasteiger charge is 2.53. The number of hydrogen-bond donors (Lipinski definition) is 2. The number of aromatic nitrogens is 4. The summed E-state index contributed by atoms with van der Waals surface area (Å²) in [6.07, 6.45) is -0.350. The number of nitrogens with zero attached hydrogens (tertiary/aromatic N) is 6.